The highest BCUT2D eigenvalue weighted by molar-refractivity contribution is 8.22. The van der Waals surface area contributed by atoms with Gasteiger partial charge in [0.2, 0.25) is 4.38 Å². The van der Waals surface area contributed by atoms with Crippen molar-refractivity contribution in [3.8, 4) is 5.75 Å². The number of ether oxygens (including phenoxy) is 1. The van der Waals surface area contributed by atoms with Gasteiger partial charge in [0.1, 0.15) is 5.75 Å². The Morgan fingerprint density at radius 2 is 2.19 bits per heavy atom. The highest BCUT2D eigenvalue weighted by Gasteiger charge is 2.14. The predicted octanol–water partition coefficient (Wildman–Crippen LogP) is 3.49. The molecule has 0 fully saturated rings. The molecule has 6 heteroatoms. The van der Waals surface area contributed by atoms with Crippen LogP contribution in [0.4, 0.5) is 0 Å². The van der Waals surface area contributed by atoms with E-state index < -0.39 is 0 Å². The average molecular weight is 329 g/mol. The second-order valence-electron chi connectivity index (χ2n) is 5.31. The van der Waals surface area contributed by atoms with E-state index >= 15 is 0 Å². The molecule has 1 atom stereocenters. The molecule has 0 saturated heterocycles. The van der Waals surface area contributed by atoms with Crippen LogP contribution < -0.4 is 0 Å². The summed E-state index contributed by atoms with van der Waals surface area (Å²) in [4.78, 5) is 6.26. The predicted molar refractivity (Wildman–Crippen MR) is 92.8 cm³/mol. The maximum atomic E-state index is 10.2. The van der Waals surface area contributed by atoms with E-state index in [9.17, 15) is 5.11 Å². The van der Waals surface area contributed by atoms with Gasteiger partial charge in [0.25, 0.3) is 0 Å². The van der Waals surface area contributed by atoms with Gasteiger partial charge in [-0.05, 0) is 52.1 Å². The van der Waals surface area contributed by atoms with Gasteiger partial charge in [0.05, 0.1) is 11.8 Å². The van der Waals surface area contributed by atoms with Crippen molar-refractivity contribution in [3.05, 3.63) is 23.0 Å². The Balaban J connectivity index is 2.78. The number of thioether (sulfide) groups is 1. The molecular formula is C15H24N2O2S2. The molecule has 1 rings (SSSR count). The Bertz CT molecular complexity index is 493. The molecule has 118 valence electrons. The van der Waals surface area contributed by atoms with Crippen molar-refractivity contribution in [1.29, 1.82) is 0 Å². The molecule has 0 aliphatic heterocycles. The topological polar surface area (TPSA) is 45.6 Å². The fourth-order valence-electron chi connectivity index (χ4n) is 1.72. The fourth-order valence-corrected chi connectivity index (χ4v) is 2.82. The molecule has 1 aromatic heterocycles. The van der Waals surface area contributed by atoms with Gasteiger partial charge in [-0.2, -0.15) is 0 Å². The Hall–Kier alpha value is -0.850. The number of aromatic nitrogens is 1. The first-order chi connectivity index (χ1) is 9.85. The van der Waals surface area contributed by atoms with Gasteiger partial charge >= 0.3 is 0 Å². The second-order valence-corrected chi connectivity index (χ2v) is 6.89. The van der Waals surface area contributed by atoms with E-state index in [0.717, 1.165) is 17.5 Å². The first kappa shape index (κ1) is 18.2. The van der Waals surface area contributed by atoms with Gasteiger partial charge < -0.3 is 14.7 Å². The Labute approximate surface area is 136 Å². The summed E-state index contributed by atoms with van der Waals surface area (Å²) in [5, 5.41) is 10.2. The normalized spacial score (nSPS) is 12.5. The smallest absolute Gasteiger partial charge is 0.220 e. The monoisotopic (exact) mass is 328 g/mol. The fraction of sp³-hybridized carbons (Fsp3) is 0.600. The number of thiocarbonyl (C=S) groups is 1. The number of nitrogens with zero attached hydrogens (tertiary/aromatic N) is 2. The minimum absolute atomic E-state index is 0.135. The van der Waals surface area contributed by atoms with Gasteiger partial charge in [-0.15, -0.1) is 0 Å². The number of hydrogen-bond acceptors (Lipinski definition) is 6. The number of aromatic hydroxyl groups is 1. The zero-order valence-electron chi connectivity index (χ0n) is 13.3. The molecule has 21 heavy (non-hydrogen) atoms. The average Bonchev–Trinajstić information content (AvgIpc) is 2.42. The van der Waals surface area contributed by atoms with Gasteiger partial charge in [0.15, 0.2) is 0 Å². The van der Waals surface area contributed by atoms with Crippen LogP contribution in [0.5, 0.6) is 5.75 Å². The van der Waals surface area contributed by atoms with Crippen LogP contribution in [0, 0.1) is 6.92 Å². The van der Waals surface area contributed by atoms with Gasteiger partial charge in [0, 0.05) is 24.1 Å². The van der Waals surface area contributed by atoms with Crippen LogP contribution in [-0.2, 0) is 17.0 Å². The van der Waals surface area contributed by atoms with E-state index in [1.807, 2.05) is 39.0 Å². The summed E-state index contributed by atoms with van der Waals surface area (Å²) in [7, 11) is 3.95. The molecule has 1 N–H and O–H groups in total. The molecule has 1 unspecified atom stereocenters. The first-order valence-corrected chi connectivity index (χ1v) is 8.39. The van der Waals surface area contributed by atoms with E-state index in [1.165, 1.54) is 11.8 Å². The van der Waals surface area contributed by atoms with Crippen LogP contribution >= 0.6 is 24.0 Å². The molecular weight excluding hydrogens is 304 g/mol. The van der Waals surface area contributed by atoms with E-state index in [4.69, 9.17) is 17.0 Å². The summed E-state index contributed by atoms with van der Waals surface area (Å²) in [5.74, 6) is 0.926. The van der Waals surface area contributed by atoms with Gasteiger partial charge in [-0.1, -0.05) is 18.7 Å². The van der Waals surface area contributed by atoms with E-state index in [1.54, 1.807) is 0 Å². The number of pyridine rings is 1. The van der Waals surface area contributed by atoms with Crippen molar-refractivity contribution < 1.29 is 9.84 Å². The van der Waals surface area contributed by atoms with Crippen LogP contribution in [0.1, 0.15) is 37.1 Å². The summed E-state index contributed by atoms with van der Waals surface area (Å²) in [6.45, 7) is 6.55. The van der Waals surface area contributed by atoms with Crippen molar-refractivity contribution in [2.45, 2.75) is 45.6 Å². The third-order valence-electron chi connectivity index (χ3n) is 3.12. The van der Waals surface area contributed by atoms with Crippen LogP contribution in [-0.4, -0.2) is 39.6 Å². The zero-order chi connectivity index (χ0) is 16.0. The molecule has 1 heterocycles. The highest BCUT2D eigenvalue weighted by atomic mass is 32.2. The lowest BCUT2D eigenvalue weighted by Crippen LogP contribution is -2.14. The maximum Gasteiger partial charge on any atom is 0.220 e. The second kappa shape index (κ2) is 8.56. The number of aryl methyl sites for hydroxylation is 1. The molecule has 0 aliphatic rings. The Morgan fingerprint density at radius 3 is 2.76 bits per heavy atom. The van der Waals surface area contributed by atoms with Crippen molar-refractivity contribution in [3.63, 3.8) is 0 Å². The van der Waals surface area contributed by atoms with Crippen molar-refractivity contribution >= 4 is 28.4 Å². The number of hydrogen-bond donors (Lipinski definition) is 1. The van der Waals surface area contributed by atoms with E-state index in [-0.39, 0.29) is 11.9 Å². The van der Waals surface area contributed by atoms with Crippen LogP contribution in [0.25, 0.3) is 0 Å². The molecule has 1 aromatic rings. The molecule has 0 amide bonds. The molecule has 0 radical (unpaired) electrons. The lowest BCUT2D eigenvalue weighted by molar-refractivity contribution is 0.217. The largest absolute Gasteiger partial charge is 0.506 e. The van der Waals surface area contributed by atoms with E-state index in [2.05, 4.69) is 11.9 Å². The van der Waals surface area contributed by atoms with Crippen molar-refractivity contribution in [2.24, 2.45) is 0 Å². The highest BCUT2D eigenvalue weighted by Crippen LogP contribution is 2.28. The zero-order valence-corrected chi connectivity index (χ0v) is 15.0. The molecule has 0 saturated carbocycles. The Kier molecular flexibility index (Phi) is 7.42. The quantitative estimate of drug-likeness (QED) is 0.807. The molecule has 0 spiro atoms. The minimum Gasteiger partial charge on any atom is -0.506 e. The summed E-state index contributed by atoms with van der Waals surface area (Å²) in [5.41, 5.74) is 2.55. The lowest BCUT2D eigenvalue weighted by atomic mass is 10.1. The Morgan fingerprint density at radius 1 is 1.52 bits per heavy atom. The summed E-state index contributed by atoms with van der Waals surface area (Å²) < 4.78 is 6.14. The molecule has 0 aromatic carbocycles. The molecule has 0 aliphatic carbocycles. The van der Waals surface area contributed by atoms with Crippen LogP contribution in [0.2, 0.25) is 0 Å². The van der Waals surface area contributed by atoms with Crippen LogP contribution in [0.3, 0.4) is 0 Å². The molecule has 4 nitrogen and oxygen atoms in total. The third-order valence-corrected chi connectivity index (χ3v) is 4.36. The maximum absolute atomic E-state index is 10.2. The minimum atomic E-state index is 0.135. The summed E-state index contributed by atoms with van der Waals surface area (Å²) in [6, 6.07) is 0. The standard InChI is InChI=1S/C15H24N2O2S2/c1-6-10(2)19-15(20)21-9-12-7-16-11(3)14(18)13(12)8-17(4)5/h7,10,18H,6,8-9H2,1-5H3. The van der Waals surface area contributed by atoms with Crippen molar-refractivity contribution in [2.75, 3.05) is 14.1 Å². The number of rotatable bonds is 6. The van der Waals surface area contributed by atoms with Gasteiger partial charge in [-0.25, -0.2) is 0 Å². The third kappa shape index (κ3) is 5.80. The van der Waals surface area contributed by atoms with Crippen LogP contribution in [0.15, 0.2) is 6.20 Å². The first-order valence-electron chi connectivity index (χ1n) is 6.99. The summed E-state index contributed by atoms with van der Waals surface area (Å²) in [6.07, 6.45) is 2.88. The summed E-state index contributed by atoms with van der Waals surface area (Å²) >= 11 is 6.70. The SMILES string of the molecule is CCC(C)OC(=S)SCc1cnc(C)c(O)c1CN(C)C. The van der Waals surface area contributed by atoms with E-state index in [0.29, 0.717) is 22.4 Å². The van der Waals surface area contributed by atoms with Crippen molar-refractivity contribution in [1.82, 2.24) is 9.88 Å². The lowest BCUT2D eigenvalue weighted by Gasteiger charge is -2.17. The molecule has 0 bridgehead atoms. The van der Waals surface area contributed by atoms with Gasteiger partial charge in [-0.3, -0.25) is 4.98 Å².